The minimum atomic E-state index is -2.91. The zero-order valence-electron chi connectivity index (χ0n) is 19.4. The minimum absolute atomic E-state index is 0.00625. The van der Waals surface area contributed by atoms with Crippen molar-refractivity contribution >= 4 is 51.5 Å². The summed E-state index contributed by atoms with van der Waals surface area (Å²) in [5.74, 6) is -8.29. The Hall–Kier alpha value is -2.68. The monoisotopic (exact) mass is 599 g/mol. The Balaban J connectivity index is 2.06. The number of fused-ring (bicyclic) bond motifs is 3. The van der Waals surface area contributed by atoms with Crippen molar-refractivity contribution in [3.05, 3.63) is 37.7 Å². The number of anilines is 1. The summed E-state index contributed by atoms with van der Waals surface area (Å²) in [7, 11) is 6.45. The minimum Gasteiger partial charge on any atom is -0.508 e. The van der Waals surface area contributed by atoms with Crippen molar-refractivity contribution < 1.29 is 39.9 Å². The van der Waals surface area contributed by atoms with Crippen LogP contribution in [-0.4, -0.2) is 93.8 Å². The fourth-order valence-electron chi connectivity index (χ4n) is 5.67. The second-order valence-corrected chi connectivity index (χ2v) is 10.7. The third kappa shape index (κ3) is 3.23. The van der Waals surface area contributed by atoms with Crippen molar-refractivity contribution in [1.82, 2.24) is 4.90 Å². The molecule has 0 spiro atoms. The van der Waals surface area contributed by atoms with Gasteiger partial charge in [-0.1, -0.05) is 0 Å². The molecule has 188 valence electrons. The van der Waals surface area contributed by atoms with Crippen molar-refractivity contribution in [2.75, 3.05) is 33.1 Å². The molecule has 0 radical (unpaired) electrons. The Morgan fingerprint density at radius 2 is 1.77 bits per heavy atom. The van der Waals surface area contributed by atoms with Crippen LogP contribution in [0.15, 0.2) is 23.0 Å². The maximum atomic E-state index is 13.8. The van der Waals surface area contributed by atoms with Crippen molar-refractivity contribution in [3.8, 4) is 5.75 Å². The molecule has 0 saturated heterocycles. The first-order chi connectivity index (χ1) is 16.2. The fourth-order valence-corrected chi connectivity index (χ4v) is 6.24. The summed E-state index contributed by atoms with van der Waals surface area (Å²) in [6.45, 7) is 0. The van der Waals surface area contributed by atoms with E-state index in [4.69, 9.17) is 5.73 Å². The number of nitrogens with zero attached hydrogens (tertiary/aromatic N) is 2. The summed E-state index contributed by atoms with van der Waals surface area (Å²) in [5, 5.41) is 55.9. The first-order valence-electron chi connectivity index (χ1n) is 10.7. The molecule has 12 heteroatoms. The number of nitrogens with two attached hydrogens (primary N) is 1. The van der Waals surface area contributed by atoms with Crippen molar-refractivity contribution in [2.24, 2.45) is 17.6 Å². The van der Waals surface area contributed by atoms with Gasteiger partial charge in [0.25, 0.3) is 5.91 Å². The molecular weight excluding hydrogens is 573 g/mol. The van der Waals surface area contributed by atoms with Gasteiger partial charge in [-0.2, -0.15) is 0 Å². The number of ketones is 2. The summed E-state index contributed by atoms with van der Waals surface area (Å²) >= 11 is 1.88. The van der Waals surface area contributed by atoms with Gasteiger partial charge in [-0.3, -0.25) is 19.3 Å². The van der Waals surface area contributed by atoms with E-state index in [0.717, 1.165) is 0 Å². The predicted octanol–water partition coefficient (Wildman–Crippen LogP) is -0.395. The van der Waals surface area contributed by atoms with E-state index in [-0.39, 0.29) is 17.7 Å². The van der Waals surface area contributed by atoms with Crippen LogP contribution in [0.5, 0.6) is 5.75 Å². The number of Topliss-reactive ketones (excluding diaryl/α,β-unsaturated/α-hetero) is 2. The number of primary amides is 1. The molecule has 0 bridgehead atoms. The Labute approximate surface area is 214 Å². The number of carbonyl (C=O) groups excluding carboxylic acids is 3. The number of amides is 1. The number of halogens is 1. The van der Waals surface area contributed by atoms with Crippen LogP contribution in [-0.2, 0) is 20.8 Å². The van der Waals surface area contributed by atoms with Crippen LogP contribution in [0.3, 0.4) is 0 Å². The topological polar surface area (TPSA) is 185 Å². The first-order valence-corrected chi connectivity index (χ1v) is 11.8. The molecule has 1 saturated carbocycles. The Morgan fingerprint density at radius 3 is 2.29 bits per heavy atom. The van der Waals surface area contributed by atoms with E-state index in [1.165, 1.54) is 19.0 Å². The highest BCUT2D eigenvalue weighted by Gasteiger charge is 2.67. The number of hydrogen-bond acceptors (Lipinski definition) is 10. The van der Waals surface area contributed by atoms with Gasteiger partial charge in [-0.15, -0.1) is 0 Å². The van der Waals surface area contributed by atoms with Gasteiger partial charge in [0.1, 0.15) is 22.8 Å². The molecule has 0 heterocycles. The molecule has 1 amide bonds. The molecule has 0 aromatic heterocycles. The molecule has 11 nitrogen and oxygen atoms in total. The van der Waals surface area contributed by atoms with Crippen LogP contribution in [0.4, 0.5) is 5.69 Å². The number of aliphatic hydroxyl groups is 4. The summed E-state index contributed by atoms with van der Waals surface area (Å²) in [6.07, 6.45) is -1.61. The first kappa shape index (κ1) is 25.4. The molecule has 4 rings (SSSR count). The molecule has 5 atom stereocenters. The number of aromatic hydroxyl groups is 1. The van der Waals surface area contributed by atoms with Gasteiger partial charge in [0.15, 0.2) is 11.4 Å². The highest BCUT2D eigenvalue weighted by molar-refractivity contribution is 14.1. The quantitative estimate of drug-likeness (QED) is 0.198. The van der Waals surface area contributed by atoms with Crippen molar-refractivity contribution in [1.29, 1.82) is 0 Å². The van der Waals surface area contributed by atoms with Crippen molar-refractivity contribution in [2.45, 2.75) is 24.2 Å². The molecule has 1 fully saturated rings. The number of aliphatic hydroxyl groups excluding tert-OH is 3. The van der Waals surface area contributed by atoms with E-state index in [9.17, 15) is 39.9 Å². The lowest BCUT2D eigenvalue weighted by atomic mass is 9.56. The van der Waals surface area contributed by atoms with E-state index in [2.05, 4.69) is 0 Å². The Bertz CT molecular complexity index is 1250. The number of phenols is 1. The van der Waals surface area contributed by atoms with Crippen LogP contribution < -0.4 is 10.6 Å². The maximum absolute atomic E-state index is 13.8. The largest absolute Gasteiger partial charge is 0.508 e. The lowest BCUT2D eigenvalue weighted by Crippen LogP contribution is -2.70. The third-order valence-corrected chi connectivity index (χ3v) is 8.04. The lowest BCUT2D eigenvalue weighted by molar-refractivity contribution is -0.168. The van der Waals surface area contributed by atoms with E-state index < -0.39 is 69.7 Å². The standard InChI is InChI=1S/C23H26IN3O8/c1-26(2)10-6-9(24)17(29)11-7(10)5-8-12(18(11)30)20(32)23(35)14(16(8)28)15(27(3)4)19(31)13(21(23)33)22(25)34/h6,8,14-16,28-30,33,35H,5H2,1-4H3,(H2,25,34). The summed E-state index contributed by atoms with van der Waals surface area (Å²) in [5.41, 5.74) is 2.12. The predicted molar refractivity (Wildman–Crippen MR) is 133 cm³/mol. The van der Waals surface area contributed by atoms with Crippen molar-refractivity contribution in [3.63, 3.8) is 0 Å². The van der Waals surface area contributed by atoms with Gasteiger partial charge < -0.3 is 36.2 Å². The highest BCUT2D eigenvalue weighted by Crippen LogP contribution is 2.54. The van der Waals surface area contributed by atoms with Gasteiger partial charge in [0, 0.05) is 31.3 Å². The number of benzene rings is 1. The van der Waals surface area contributed by atoms with E-state index in [1.807, 2.05) is 22.6 Å². The summed E-state index contributed by atoms with van der Waals surface area (Å²) in [6, 6.07) is 0.321. The lowest BCUT2D eigenvalue weighted by Gasteiger charge is -2.52. The van der Waals surface area contributed by atoms with Crippen LogP contribution in [0.2, 0.25) is 0 Å². The maximum Gasteiger partial charge on any atom is 0.255 e. The second-order valence-electron chi connectivity index (χ2n) is 9.52. The average molecular weight is 599 g/mol. The molecule has 3 aliphatic rings. The third-order valence-electron chi connectivity index (χ3n) is 7.22. The zero-order valence-corrected chi connectivity index (χ0v) is 21.6. The number of phenolic OH excluding ortho intramolecular Hbond substituents is 1. The summed E-state index contributed by atoms with van der Waals surface area (Å²) in [4.78, 5) is 42.0. The van der Waals surface area contributed by atoms with Gasteiger partial charge in [0.2, 0.25) is 5.78 Å². The van der Waals surface area contributed by atoms with Crippen LogP contribution in [0.25, 0.3) is 5.76 Å². The Morgan fingerprint density at radius 1 is 1.17 bits per heavy atom. The van der Waals surface area contributed by atoms with Gasteiger partial charge >= 0.3 is 0 Å². The molecule has 1 aromatic rings. The van der Waals surface area contributed by atoms with E-state index >= 15 is 0 Å². The Kier molecular flexibility index (Phi) is 5.94. The molecule has 3 aliphatic carbocycles. The molecule has 1 aromatic carbocycles. The molecular formula is C23H26IN3O8. The number of likely N-dealkylation sites (N-methyl/N-ethyl adjacent to an activating group) is 1. The number of rotatable bonds is 3. The number of carbonyl (C=O) groups is 3. The van der Waals surface area contributed by atoms with Crippen LogP contribution in [0, 0.1) is 15.4 Å². The summed E-state index contributed by atoms with van der Waals surface area (Å²) < 4.78 is 0.394. The van der Waals surface area contributed by atoms with Crippen LogP contribution >= 0.6 is 22.6 Å². The fraction of sp³-hybridized carbons (Fsp3) is 0.435. The smallest absolute Gasteiger partial charge is 0.255 e. The van der Waals surface area contributed by atoms with Crippen LogP contribution in [0.1, 0.15) is 11.1 Å². The molecule has 5 unspecified atom stereocenters. The van der Waals surface area contributed by atoms with Gasteiger partial charge in [0.05, 0.1) is 27.2 Å². The zero-order chi connectivity index (χ0) is 26.3. The normalized spacial score (nSPS) is 30.3. The molecule has 0 aliphatic heterocycles. The molecule has 35 heavy (non-hydrogen) atoms. The van der Waals surface area contributed by atoms with E-state index in [0.29, 0.717) is 14.8 Å². The highest BCUT2D eigenvalue weighted by atomic mass is 127. The average Bonchev–Trinajstić information content (AvgIpc) is 2.75. The van der Waals surface area contributed by atoms with Gasteiger partial charge in [-0.25, -0.2) is 0 Å². The number of hydrogen-bond donors (Lipinski definition) is 6. The SMILES string of the molecule is CN(C)c1cc(I)c(O)c2c1CC1C(=C2O)C(=O)C2(O)C(O)=C(C(N)=O)C(=O)C(N(C)C)C2C1O. The van der Waals surface area contributed by atoms with Gasteiger partial charge in [-0.05, 0) is 54.7 Å². The second kappa shape index (κ2) is 8.18. The molecule has 7 N–H and O–H groups in total. The van der Waals surface area contributed by atoms with E-state index in [1.54, 1.807) is 25.1 Å².